The molecule has 0 bridgehead atoms. The van der Waals surface area contributed by atoms with Gasteiger partial charge in [-0.3, -0.25) is 14.4 Å². The van der Waals surface area contributed by atoms with Gasteiger partial charge in [0.15, 0.2) is 5.78 Å². The third-order valence-electron chi connectivity index (χ3n) is 3.32. The summed E-state index contributed by atoms with van der Waals surface area (Å²) >= 11 is 0. The number of amides is 2. The SMILES string of the molecule is C=C(C(=O)NCC(=O)C(C(C)C)[C@H](N)C(N)=O)c1ccco1. The lowest BCUT2D eigenvalue weighted by molar-refractivity contribution is -0.130. The molecule has 1 aromatic rings. The smallest absolute Gasteiger partial charge is 0.254 e. The molecule has 120 valence electrons. The standard InChI is InChI=1S/C15H21N3O4/c1-8(2)12(13(16)14(17)20)10(19)7-18-15(21)9(3)11-5-4-6-22-11/h4-6,8,12-13H,3,7,16H2,1-2H3,(H2,17,20)(H,18,21)/t12?,13-/m0/s1. The van der Waals surface area contributed by atoms with Crippen LogP contribution >= 0.6 is 0 Å². The molecule has 1 unspecified atom stereocenters. The monoisotopic (exact) mass is 307 g/mol. The summed E-state index contributed by atoms with van der Waals surface area (Å²) in [6.45, 7) is 6.86. The Bertz CT molecular complexity index is 563. The number of nitrogens with one attached hydrogen (secondary N) is 1. The Morgan fingerprint density at radius 2 is 2.00 bits per heavy atom. The van der Waals surface area contributed by atoms with Gasteiger partial charge in [0.25, 0.3) is 5.91 Å². The lowest BCUT2D eigenvalue weighted by atomic mass is 9.84. The summed E-state index contributed by atoms with van der Waals surface area (Å²) in [5.74, 6) is -2.26. The molecule has 0 aliphatic rings. The Morgan fingerprint density at radius 3 is 2.45 bits per heavy atom. The van der Waals surface area contributed by atoms with Crippen LogP contribution in [-0.2, 0) is 14.4 Å². The van der Waals surface area contributed by atoms with E-state index in [4.69, 9.17) is 15.9 Å². The van der Waals surface area contributed by atoms with Crippen LogP contribution in [0.25, 0.3) is 5.57 Å². The first-order valence-electron chi connectivity index (χ1n) is 6.84. The van der Waals surface area contributed by atoms with E-state index in [1.165, 1.54) is 6.26 Å². The molecule has 0 radical (unpaired) electrons. The van der Waals surface area contributed by atoms with E-state index in [0.29, 0.717) is 5.76 Å². The normalized spacial score (nSPS) is 13.5. The van der Waals surface area contributed by atoms with Crippen LogP contribution in [0.3, 0.4) is 0 Å². The molecule has 0 spiro atoms. The van der Waals surface area contributed by atoms with Crippen molar-refractivity contribution in [2.24, 2.45) is 23.3 Å². The molecule has 1 aromatic heterocycles. The van der Waals surface area contributed by atoms with Crippen LogP contribution in [0, 0.1) is 11.8 Å². The number of Topliss-reactive ketones (excluding diaryl/α,β-unsaturated/α-hetero) is 1. The number of furan rings is 1. The molecule has 0 aliphatic heterocycles. The van der Waals surface area contributed by atoms with Crippen LogP contribution in [0.4, 0.5) is 0 Å². The maximum absolute atomic E-state index is 12.2. The van der Waals surface area contributed by atoms with Crippen molar-refractivity contribution in [1.82, 2.24) is 5.32 Å². The summed E-state index contributed by atoms with van der Waals surface area (Å²) in [4.78, 5) is 35.3. The van der Waals surface area contributed by atoms with Gasteiger partial charge in [0.05, 0.1) is 24.4 Å². The molecule has 5 N–H and O–H groups in total. The molecule has 2 amide bonds. The van der Waals surface area contributed by atoms with E-state index in [2.05, 4.69) is 11.9 Å². The van der Waals surface area contributed by atoms with Gasteiger partial charge < -0.3 is 21.2 Å². The molecule has 0 fully saturated rings. The second-order valence-corrected chi connectivity index (χ2v) is 5.30. The lowest BCUT2D eigenvalue weighted by Gasteiger charge is -2.24. The number of ketones is 1. The van der Waals surface area contributed by atoms with Gasteiger partial charge in [-0.1, -0.05) is 20.4 Å². The average molecular weight is 307 g/mol. The van der Waals surface area contributed by atoms with Crippen LogP contribution in [0.15, 0.2) is 29.4 Å². The quantitative estimate of drug-likeness (QED) is 0.585. The van der Waals surface area contributed by atoms with E-state index in [9.17, 15) is 14.4 Å². The maximum atomic E-state index is 12.2. The second-order valence-electron chi connectivity index (χ2n) is 5.30. The number of primary amides is 1. The minimum absolute atomic E-state index is 0.109. The van der Waals surface area contributed by atoms with Crippen molar-refractivity contribution in [3.8, 4) is 0 Å². The van der Waals surface area contributed by atoms with E-state index >= 15 is 0 Å². The van der Waals surface area contributed by atoms with Gasteiger partial charge >= 0.3 is 0 Å². The zero-order chi connectivity index (χ0) is 16.9. The minimum Gasteiger partial charge on any atom is -0.464 e. The van der Waals surface area contributed by atoms with Crippen molar-refractivity contribution in [2.45, 2.75) is 19.9 Å². The Morgan fingerprint density at radius 1 is 1.36 bits per heavy atom. The fourth-order valence-electron chi connectivity index (χ4n) is 2.12. The van der Waals surface area contributed by atoms with E-state index in [1.807, 2.05) is 0 Å². The van der Waals surface area contributed by atoms with Gasteiger partial charge in [0.1, 0.15) is 5.76 Å². The zero-order valence-electron chi connectivity index (χ0n) is 12.7. The van der Waals surface area contributed by atoms with Gasteiger partial charge in [-0.05, 0) is 18.1 Å². The first-order chi connectivity index (χ1) is 10.3. The van der Waals surface area contributed by atoms with Crippen LogP contribution in [0.5, 0.6) is 0 Å². The molecule has 0 saturated carbocycles. The molecule has 0 saturated heterocycles. The predicted molar refractivity (Wildman–Crippen MR) is 81.3 cm³/mol. The highest BCUT2D eigenvalue weighted by Gasteiger charge is 2.32. The maximum Gasteiger partial charge on any atom is 0.254 e. The van der Waals surface area contributed by atoms with Gasteiger partial charge in [-0.15, -0.1) is 0 Å². The highest BCUT2D eigenvalue weighted by molar-refractivity contribution is 6.18. The zero-order valence-corrected chi connectivity index (χ0v) is 12.7. The highest BCUT2D eigenvalue weighted by Crippen LogP contribution is 2.16. The first-order valence-corrected chi connectivity index (χ1v) is 6.84. The molecule has 7 heteroatoms. The average Bonchev–Trinajstić information content (AvgIpc) is 2.97. The van der Waals surface area contributed by atoms with Crippen molar-refractivity contribution in [1.29, 1.82) is 0 Å². The minimum atomic E-state index is -1.09. The lowest BCUT2D eigenvalue weighted by Crippen LogP contribution is -2.50. The highest BCUT2D eigenvalue weighted by atomic mass is 16.3. The van der Waals surface area contributed by atoms with Crippen molar-refractivity contribution in [3.05, 3.63) is 30.7 Å². The van der Waals surface area contributed by atoms with E-state index in [1.54, 1.807) is 26.0 Å². The van der Waals surface area contributed by atoms with Gasteiger partial charge in [-0.2, -0.15) is 0 Å². The number of nitrogens with two attached hydrogens (primary N) is 2. The van der Waals surface area contributed by atoms with Crippen LogP contribution in [-0.4, -0.2) is 30.2 Å². The fourth-order valence-corrected chi connectivity index (χ4v) is 2.12. The summed E-state index contributed by atoms with van der Waals surface area (Å²) < 4.78 is 5.05. The Labute approximate surface area is 128 Å². The van der Waals surface area contributed by atoms with Crippen molar-refractivity contribution in [2.75, 3.05) is 6.54 Å². The molecule has 0 aromatic carbocycles. The summed E-state index contributed by atoms with van der Waals surface area (Å²) in [6, 6.07) is 2.13. The number of rotatable bonds is 8. The molecular weight excluding hydrogens is 286 g/mol. The molecule has 0 aliphatic carbocycles. The van der Waals surface area contributed by atoms with Gasteiger partial charge in [0, 0.05) is 5.92 Å². The molecule has 7 nitrogen and oxygen atoms in total. The molecule has 1 heterocycles. The fraction of sp³-hybridized carbons (Fsp3) is 0.400. The largest absolute Gasteiger partial charge is 0.464 e. The van der Waals surface area contributed by atoms with E-state index < -0.39 is 23.8 Å². The predicted octanol–water partition coefficient (Wildman–Crippen LogP) is 0.0629. The number of carbonyl (C=O) groups excluding carboxylic acids is 3. The summed E-state index contributed by atoms with van der Waals surface area (Å²) in [7, 11) is 0. The Hall–Kier alpha value is -2.41. The summed E-state index contributed by atoms with van der Waals surface area (Å²) in [5, 5.41) is 2.44. The van der Waals surface area contributed by atoms with E-state index in [-0.39, 0.29) is 23.8 Å². The molecular formula is C15H21N3O4. The van der Waals surface area contributed by atoms with Crippen molar-refractivity contribution in [3.63, 3.8) is 0 Å². The number of carbonyl (C=O) groups is 3. The Balaban J connectivity index is 2.65. The van der Waals surface area contributed by atoms with E-state index in [0.717, 1.165) is 0 Å². The molecule has 1 rings (SSSR count). The third kappa shape index (κ3) is 4.29. The number of hydrogen-bond donors (Lipinski definition) is 3. The van der Waals surface area contributed by atoms with Crippen LogP contribution in [0.1, 0.15) is 19.6 Å². The van der Waals surface area contributed by atoms with Gasteiger partial charge in [-0.25, -0.2) is 0 Å². The van der Waals surface area contributed by atoms with Crippen molar-refractivity contribution >= 4 is 23.2 Å². The Kier molecular flexibility index (Phi) is 6.06. The molecule has 2 atom stereocenters. The first kappa shape index (κ1) is 17.6. The van der Waals surface area contributed by atoms with Crippen LogP contribution < -0.4 is 16.8 Å². The topological polar surface area (TPSA) is 128 Å². The number of hydrogen-bond acceptors (Lipinski definition) is 5. The van der Waals surface area contributed by atoms with Crippen LogP contribution in [0.2, 0.25) is 0 Å². The second kappa shape index (κ2) is 7.56. The molecule has 22 heavy (non-hydrogen) atoms. The van der Waals surface area contributed by atoms with Gasteiger partial charge in [0.2, 0.25) is 5.91 Å². The third-order valence-corrected chi connectivity index (χ3v) is 3.32. The summed E-state index contributed by atoms with van der Waals surface area (Å²) in [5.41, 5.74) is 10.9. The summed E-state index contributed by atoms with van der Waals surface area (Å²) in [6.07, 6.45) is 1.42. The van der Waals surface area contributed by atoms with Crippen molar-refractivity contribution < 1.29 is 18.8 Å².